The van der Waals surface area contributed by atoms with Gasteiger partial charge in [0.2, 0.25) is 47.3 Å². The molecule has 8 amide bonds. The zero-order chi connectivity index (χ0) is 77.8. The minimum atomic E-state index is -1.34. The van der Waals surface area contributed by atoms with E-state index in [1.54, 1.807) is 47.8 Å². The van der Waals surface area contributed by atoms with Crippen molar-refractivity contribution >= 4 is 124 Å². The Morgan fingerprint density at radius 2 is 0.598 bits per heavy atom. The molecule has 4 N–H and O–H groups in total. The van der Waals surface area contributed by atoms with Gasteiger partial charge in [0.15, 0.2) is 0 Å². The summed E-state index contributed by atoms with van der Waals surface area (Å²) in [5.74, 6) is -7.07. The fourth-order valence-electron chi connectivity index (χ4n) is 19.0. The van der Waals surface area contributed by atoms with Crippen LogP contribution in [0, 0.1) is 23.7 Å². The number of hydrogen-bond acceptors (Lipinski definition) is 12. The van der Waals surface area contributed by atoms with E-state index in [0.717, 1.165) is 86.9 Å². The van der Waals surface area contributed by atoms with Crippen LogP contribution in [-0.4, -0.2) is 169 Å². The highest BCUT2D eigenvalue weighted by atomic mass is 16.5. The first kappa shape index (κ1) is 76.4. The van der Waals surface area contributed by atoms with E-state index < -0.39 is 121 Å². The van der Waals surface area contributed by atoms with Crippen molar-refractivity contribution in [2.24, 2.45) is 23.7 Å². The molecule has 0 aromatic heterocycles. The molecular weight excluding hydrogens is 1410 g/mol. The molecule has 20 nitrogen and oxygen atoms in total. The standard InChI is InChI=1S/C92H100N8O12/c1-97-69-29-15-27-67(49-69)87(105)95-77(53-111-79(101)51-63-39-37-61-35-33-57-21-11-23-59-41-43-73(63)83(61)81(57)59)91(109)100(4)72-32-14-26-66(48-72)86(104)94-76(46-56-19-9-6-10-20-56)90(108)98(2)70-30-16-28-68(50-70)88(106)96-78(54-112-80(102)52-64-40-38-62-36-34-58-22-12-24-60-42-44-74(64)84(62)82(58)60)92(110)99(3)71-31-13-25-65(47-71)85(103)93-75(89(97)107)45-55-17-7-5-8-18-55/h5-12,17-24,33-44,65-72,75-78H,13-16,25-32,45-54H2,1-4H3,(H,93,103)(H,94,104)(H,95,105)(H,96,106)/t65-,66-,67-,68-,69+,70+,71+,72+,75-,76+,77-,78-/m1/s1. The summed E-state index contributed by atoms with van der Waals surface area (Å²) < 4.78 is 12.2. The first-order valence-electron chi connectivity index (χ1n) is 40.3. The predicted octanol–water partition coefficient (Wildman–Crippen LogP) is 11.9. The molecule has 5 aliphatic rings. The van der Waals surface area contributed by atoms with E-state index in [1.807, 2.05) is 109 Å². The topological polar surface area (TPSA) is 250 Å². The molecule has 0 unspecified atom stereocenters. The summed E-state index contributed by atoms with van der Waals surface area (Å²) in [5.41, 5.74) is 3.13. The molecule has 5 fully saturated rings. The van der Waals surface area contributed by atoms with Crippen molar-refractivity contribution in [1.82, 2.24) is 40.9 Å². The Kier molecular flexibility index (Phi) is 22.8. The molecule has 12 atom stereocenters. The molecule has 1 heterocycles. The van der Waals surface area contributed by atoms with Gasteiger partial charge in [0, 0.05) is 88.9 Å². The van der Waals surface area contributed by atoms with Crippen LogP contribution in [0.3, 0.4) is 0 Å². The average molecular weight is 1510 g/mol. The summed E-state index contributed by atoms with van der Waals surface area (Å²) in [6, 6.07) is 48.9. The van der Waals surface area contributed by atoms with Crippen molar-refractivity contribution < 1.29 is 57.4 Å². The maximum Gasteiger partial charge on any atom is 0.310 e. The van der Waals surface area contributed by atoms with Gasteiger partial charge in [0.05, 0.1) is 12.8 Å². The lowest BCUT2D eigenvalue weighted by Gasteiger charge is -2.39. The molecule has 580 valence electrons. The Balaban J connectivity index is 0.706. The van der Waals surface area contributed by atoms with E-state index in [0.29, 0.717) is 77.0 Å². The first-order valence-corrected chi connectivity index (χ1v) is 40.3. The van der Waals surface area contributed by atoms with Gasteiger partial charge in [0.1, 0.15) is 37.4 Å². The molecule has 1 aliphatic heterocycles. The zero-order valence-electron chi connectivity index (χ0n) is 64.3. The van der Waals surface area contributed by atoms with Crippen LogP contribution >= 0.6 is 0 Å². The molecule has 15 rings (SSSR count). The van der Waals surface area contributed by atoms with E-state index in [1.165, 1.54) is 0 Å². The van der Waals surface area contributed by atoms with Crippen LogP contribution in [0.1, 0.15) is 125 Å². The van der Waals surface area contributed by atoms with E-state index in [-0.39, 0.29) is 75.0 Å². The molecule has 0 spiro atoms. The smallest absolute Gasteiger partial charge is 0.310 e. The van der Waals surface area contributed by atoms with Crippen molar-refractivity contribution in [3.8, 4) is 0 Å². The van der Waals surface area contributed by atoms with Gasteiger partial charge in [-0.2, -0.15) is 0 Å². The molecule has 112 heavy (non-hydrogen) atoms. The molecular formula is C92H100N8O12. The van der Waals surface area contributed by atoms with E-state index in [9.17, 15) is 19.2 Å². The number of carbonyl (C=O) groups excluding carboxylic acids is 10. The normalized spacial score (nSPS) is 25.4. The Labute approximate surface area is 652 Å². The number of nitrogens with one attached hydrogen (secondary N) is 4. The maximum atomic E-state index is 15.3. The quantitative estimate of drug-likeness (QED) is 0.0658. The second-order valence-corrected chi connectivity index (χ2v) is 32.4. The highest BCUT2D eigenvalue weighted by molar-refractivity contribution is 6.25. The summed E-state index contributed by atoms with van der Waals surface area (Å²) in [6.07, 6.45) is 7.38. The third kappa shape index (κ3) is 16.4. The van der Waals surface area contributed by atoms with Gasteiger partial charge in [0.25, 0.3) is 0 Å². The third-order valence-electron chi connectivity index (χ3n) is 25.4. The number of benzene rings is 10. The van der Waals surface area contributed by atoms with Crippen molar-refractivity contribution in [1.29, 1.82) is 0 Å². The number of fused-ring (bicyclic) bond motifs is 8. The second-order valence-electron chi connectivity index (χ2n) is 32.4. The summed E-state index contributed by atoms with van der Waals surface area (Å²) in [7, 11) is 6.70. The third-order valence-corrected chi connectivity index (χ3v) is 25.4. The van der Waals surface area contributed by atoms with Crippen molar-refractivity contribution in [2.45, 2.75) is 177 Å². The number of hydrogen-bond donors (Lipinski definition) is 4. The van der Waals surface area contributed by atoms with Crippen LogP contribution in [0.4, 0.5) is 0 Å². The van der Waals surface area contributed by atoms with Crippen molar-refractivity contribution in [3.05, 3.63) is 192 Å². The highest BCUT2D eigenvalue weighted by Crippen LogP contribution is 2.40. The number of ether oxygens (including phenoxy) is 2. The molecule has 20 heteroatoms. The van der Waals surface area contributed by atoms with Gasteiger partial charge >= 0.3 is 11.9 Å². The summed E-state index contributed by atoms with van der Waals surface area (Å²) in [6.45, 7) is -0.959. The molecule has 4 saturated carbocycles. The minimum absolute atomic E-state index is 0.106. The summed E-state index contributed by atoms with van der Waals surface area (Å²) in [5, 5.41) is 24.9. The van der Waals surface area contributed by atoms with Gasteiger partial charge < -0.3 is 50.3 Å². The Morgan fingerprint density at radius 3 is 0.920 bits per heavy atom. The van der Waals surface area contributed by atoms with Crippen LogP contribution < -0.4 is 21.3 Å². The monoisotopic (exact) mass is 1510 g/mol. The van der Waals surface area contributed by atoms with E-state index in [2.05, 4.69) is 81.9 Å². The number of esters is 2. The Bertz CT molecular complexity index is 4840. The van der Waals surface area contributed by atoms with Gasteiger partial charge in [-0.1, -0.05) is 196 Å². The lowest BCUT2D eigenvalue weighted by molar-refractivity contribution is -0.149. The second kappa shape index (κ2) is 33.5. The predicted molar refractivity (Wildman–Crippen MR) is 432 cm³/mol. The summed E-state index contributed by atoms with van der Waals surface area (Å²) in [4.78, 5) is 156. The average Bonchev–Trinajstić information content (AvgIpc) is 0.751. The fraction of sp³-hybridized carbons (Fsp3) is 0.413. The molecule has 0 radical (unpaired) electrons. The maximum absolute atomic E-state index is 15.3. The zero-order valence-corrected chi connectivity index (χ0v) is 64.3. The molecule has 8 bridgehead atoms. The van der Waals surface area contributed by atoms with Crippen LogP contribution in [0.2, 0.25) is 0 Å². The van der Waals surface area contributed by atoms with Crippen molar-refractivity contribution in [2.75, 3.05) is 41.4 Å². The van der Waals surface area contributed by atoms with Gasteiger partial charge in [-0.05, 0) is 164 Å². The summed E-state index contributed by atoms with van der Waals surface area (Å²) >= 11 is 0. The number of carbonyl (C=O) groups is 10. The number of amides is 8. The molecule has 10 aromatic rings. The van der Waals surface area contributed by atoms with E-state index >= 15 is 28.8 Å². The number of nitrogens with zero attached hydrogens (tertiary/aromatic N) is 4. The molecule has 10 aromatic carbocycles. The van der Waals surface area contributed by atoms with Crippen LogP contribution in [0.25, 0.3) is 64.6 Å². The van der Waals surface area contributed by atoms with Crippen LogP contribution in [0.5, 0.6) is 0 Å². The molecule has 1 saturated heterocycles. The van der Waals surface area contributed by atoms with Crippen molar-refractivity contribution in [3.63, 3.8) is 0 Å². The number of likely N-dealkylation sites (N-methyl/N-ethyl adjacent to an activating group) is 4. The van der Waals surface area contributed by atoms with Gasteiger partial charge in [-0.15, -0.1) is 0 Å². The van der Waals surface area contributed by atoms with Crippen LogP contribution in [-0.2, 0) is 83.1 Å². The largest absolute Gasteiger partial charge is 0.463 e. The first-order chi connectivity index (χ1) is 54.3. The lowest BCUT2D eigenvalue weighted by atomic mass is 9.83. The van der Waals surface area contributed by atoms with Crippen LogP contribution in [0.15, 0.2) is 170 Å². The van der Waals surface area contributed by atoms with Gasteiger partial charge in [-0.25, -0.2) is 0 Å². The van der Waals surface area contributed by atoms with E-state index in [4.69, 9.17) is 9.47 Å². The lowest BCUT2D eigenvalue weighted by Crippen LogP contribution is -2.57. The number of rotatable bonds is 12. The highest BCUT2D eigenvalue weighted by Gasteiger charge is 2.43. The Hall–Kier alpha value is -11.0. The Morgan fingerprint density at radius 1 is 0.321 bits per heavy atom. The minimum Gasteiger partial charge on any atom is -0.463 e. The SMILES string of the molecule is CN1C(=O)[C@H](Cc2ccccc2)NC(=O)[C@@H]2CCC[C@@H](C2)N(C)C(=O)[C@@H](COC(=O)Cc2ccc3ccc4cccc5ccc2c3c45)NC(=O)[C@@H]2CCC[C@@H](C2)N(C)C(=O)[C@@H](Cc2ccccc2)NC(=O)[C@@H]2CCC[C@@H](C2)N(C)C(=O)[C@@H](COC(=O)Cc2ccc3ccc4cccc5ccc2c3c45)NC(=O)[C@@H]2CCC[C@H]1C2. The fourth-order valence-corrected chi connectivity index (χ4v) is 19.0. The molecule has 4 aliphatic carbocycles. The van der Waals surface area contributed by atoms with Gasteiger partial charge in [-0.3, -0.25) is 47.9 Å².